The van der Waals surface area contributed by atoms with E-state index in [4.69, 9.17) is 0 Å². The fraction of sp³-hybridized carbons (Fsp3) is 0. The summed E-state index contributed by atoms with van der Waals surface area (Å²) >= 11 is 0. The topological polar surface area (TPSA) is 55.2 Å². The Labute approximate surface area is 273 Å². The molecule has 0 saturated carbocycles. The van der Waals surface area contributed by atoms with Crippen LogP contribution in [-0.2, 0) is 9.84 Å². The van der Waals surface area contributed by atoms with E-state index in [2.05, 4.69) is 112 Å². The number of aromatic nitrogens is 2. The van der Waals surface area contributed by atoms with E-state index in [1.54, 1.807) is 36.4 Å². The van der Waals surface area contributed by atoms with Crippen LogP contribution >= 0.6 is 0 Å². The molecule has 6 heteroatoms. The van der Waals surface area contributed by atoms with Gasteiger partial charge in [0.25, 0.3) is 0 Å². The van der Waals surface area contributed by atoms with Crippen molar-refractivity contribution in [3.05, 3.63) is 176 Å². The van der Waals surface area contributed by atoms with Crippen molar-refractivity contribution in [2.45, 2.75) is 9.79 Å². The van der Waals surface area contributed by atoms with Gasteiger partial charge in [-0.05, 0) is 96.1 Å². The zero-order chi connectivity index (χ0) is 31.8. The number of hydrogen-bond donors (Lipinski definition) is 0. The summed E-state index contributed by atoms with van der Waals surface area (Å²) in [5.74, 6) is 0. The van der Waals surface area contributed by atoms with Crippen molar-refractivity contribution in [3.8, 4) is 16.8 Å². The molecule has 0 bridgehead atoms. The lowest BCUT2D eigenvalue weighted by molar-refractivity contribution is 0.596. The van der Waals surface area contributed by atoms with Gasteiger partial charge in [0.2, 0.25) is 9.84 Å². The average molecular weight is 628 g/mol. The molecule has 5 nitrogen and oxygen atoms in total. The van der Waals surface area contributed by atoms with Crippen LogP contribution in [0.5, 0.6) is 0 Å². The first-order valence-electron chi connectivity index (χ1n) is 15.4. The first-order valence-corrected chi connectivity index (χ1v) is 16.9. The summed E-state index contributed by atoms with van der Waals surface area (Å²) in [6, 6.07) is 53.4. The van der Waals surface area contributed by atoms with Gasteiger partial charge < -0.3 is 9.47 Å². The number of hydrogen-bond acceptors (Lipinski definition) is 4. The highest BCUT2D eigenvalue weighted by atomic mass is 32.2. The fourth-order valence-corrected chi connectivity index (χ4v) is 7.52. The molecular weight excluding hydrogens is 599 g/mol. The summed E-state index contributed by atoms with van der Waals surface area (Å²) in [4.78, 5) is 7.32. The molecule has 8 aromatic rings. The number of anilines is 3. The third-order valence-corrected chi connectivity index (χ3v) is 10.3. The first kappa shape index (κ1) is 28.5. The van der Waals surface area contributed by atoms with Gasteiger partial charge in [-0.15, -0.1) is 0 Å². The van der Waals surface area contributed by atoms with E-state index in [1.807, 2.05) is 42.7 Å². The minimum absolute atomic E-state index is 0.278. The standard InChI is InChI=1S/C41H29N3O2S/c45-47(46,36-14-8-3-9-15-36)37-23-18-31(19-24-37)30-16-20-34(21-17-30)44-40-25-22-35(28-38(40)39-29-42-27-26-41(39)44)43(32-10-4-1-5-11-32)33-12-6-2-7-13-33/h1-29H. The van der Waals surface area contributed by atoms with Crippen LogP contribution in [0.15, 0.2) is 186 Å². The van der Waals surface area contributed by atoms with E-state index >= 15 is 0 Å². The van der Waals surface area contributed by atoms with Gasteiger partial charge >= 0.3 is 0 Å². The fourth-order valence-electron chi connectivity index (χ4n) is 6.24. The normalized spacial score (nSPS) is 11.6. The minimum Gasteiger partial charge on any atom is -0.310 e. The van der Waals surface area contributed by atoms with Crippen LogP contribution in [0.4, 0.5) is 17.1 Å². The molecule has 0 saturated heterocycles. The monoisotopic (exact) mass is 627 g/mol. The van der Waals surface area contributed by atoms with Crippen LogP contribution in [0.1, 0.15) is 0 Å². The van der Waals surface area contributed by atoms with Crippen molar-refractivity contribution in [2.75, 3.05) is 4.90 Å². The summed E-state index contributed by atoms with van der Waals surface area (Å²) in [6.07, 6.45) is 3.77. The van der Waals surface area contributed by atoms with Crippen molar-refractivity contribution in [3.63, 3.8) is 0 Å². The second-order valence-corrected chi connectivity index (χ2v) is 13.3. The zero-order valence-corrected chi connectivity index (χ0v) is 26.1. The predicted molar refractivity (Wildman–Crippen MR) is 191 cm³/mol. The first-order chi connectivity index (χ1) is 23.1. The molecular formula is C41H29N3O2S. The molecule has 0 aliphatic heterocycles. The lowest BCUT2D eigenvalue weighted by atomic mass is 10.1. The van der Waals surface area contributed by atoms with Crippen LogP contribution in [0.2, 0.25) is 0 Å². The van der Waals surface area contributed by atoms with Crippen LogP contribution < -0.4 is 4.90 Å². The summed E-state index contributed by atoms with van der Waals surface area (Å²) in [5.41, 5.74) is 8.36. The molecule has 0 radical (unpaired) electrons. The van der Waals surface area contributed by atoms with Gasteiger partial charge in [0.05, 0.1) is 20.8 Å². The van der Waals surface area contributed by atoms with Gasteiger partial charge in [-0.1, -0.05) is 78.9 Å². The maximum Gasteiger partial charge on any atom is 0.206 e. The quantitative estimate of drug-likeness (QED) is 0.176. The van der Waals surface area contributed by atoms with E-state index in [0.717, 1.165) is 55.7 Å². The predicted octanol–water partition coefficient (Wildman–Crippen LogP) is 10.1. The summed E-state index contributed by atoms with van der Waals surface area (Å²) < 4.78 is 28.4. The maximum absolute atomic E-state index is 13.1. The summed E-state index contributed by atoms with van der Waals surface area (Å²) in [7, 11) is -3.57. The molecule has 0 spiro atoms. The van der Waals surface area contributed by atoms with E-state index in [9.17, 15) is 8.42 Å². The number of para-hydroxylation sites is 2. The molecule has 0 unspecified atom stereocenters. The van der Waals surface area contributed by atoms with Crippen molar-refractivity contribution >= 4 is 48.7 Å². The number of rotatable bonds is 7. The van der Waals surface area contributed by atoms with Gasteiger partial charge in [-0.3, -0.25) is 4.98 Å². The Bertz CT molecular complexity index is 2400. The van der Waals surface area contributed by atoms with E-state index in [-0.39, 0.29) is 4.90 Å². The molecule has 0 aliphatic carbocycles. The summed E-state index contributed by atoms with van der Waals surface area (Å²) in [5, 5.41) is 2.19. The van der Waals surface area contributed by atoms with Crippen molar-refractivity contribution < 1.29 is 8.42 Å². The van der Waals surface area contributed by atoms with Crippen molar-refractivity contribution in [1.29, 1.82) is 0 Å². The number of nitrogens with zero attached hydrogens (tertiary/aromatic N) is 3. The van der Waals surface area contributed by atoms with Gasteiger partial charge in [-0.2, -0.15) is 0 Å². The average Bonchev–Trinajstić information content (AvgIpc) is 3.47. The zero-order valence-electron chi connectivity index (χ0n) is 25.3. The second kappa shape index (κ2) is 11.7. The Morgan fingerprint density at radius 2 is 1.02 bits per heavy atom. The third-order valence-electron chi connectivity index (χ3n) is 8.51. The lowest BCUT2D eigenvalue weighted by Gasteiger charge is -2.25. The number of fused-ring (bicyclic) bond motifs is 3. The number of benzene rings is 6. The molecule has 47 heavy (non-hydrogen) atoms. The van der Waals surface area contributed by atoms with Crippen LogP contribution in [0.25, 0.3) is 38.6 Å². The second-order valence-electron chi connectivity index (χ2n) is 11.3. The molecule has 0 N–H and O–H groups in total. The maximum atomic E-state index is 13.1. The van der Waals surface area contributed by atoms with Crippen molar-refractivity contribution in [2.24, 2.45) is 0 Å². The lowest BCUT2D eigenvalue weighted by Crippen LogP contribution is -2.09. The SMILES string of the molecule is O=S(=O)(c1ccccc1)c1ccc(-c2ccc(-n3c4ccncc4c4cc(N(c5ccccc5)c5ccccc5)ccc43)cc2)cc1. The molecule has 0 amide bonds. The van der Waals surface area contributed by atoms with E-state index < -0.39 is 9.84 Å². The molecule has 0 atom stereocenters. The van der Waals surface area contributed by atoms with E-state index in [1.165, 1.54) is 0 Å². The van der Waals surface area contributed by atoms with Crippen molar-refractivity contribution in [1.82, 2.24) is 9.55 Å². The van der Waals surface area contributed by atoms with E-state index in [0.29, 0.717) is 4.90 Å². The molecule has 6 aromatic carbocycles. The Kier molecular flexibility index (Phi) is 7.12. The van der Waals surface area contributed by atoms with Gasteiger partial charge in [0, 0.05) is 45.9 Å². The van der Waals surface area contributed by atoms with Gasteiger partial charge in [0.15, 0.2) is 0 Å². The number of pyridine rings is 1. The van der Waals surface area contributed by atoms with Gasteiger partial charge in [-0.25, -0.2) is 8.42 Å². The molecule has 226 valence electrons. The van der Waals surface area contributed by atoms with Crippen LogP contribution in [0.3, 0.4) is 0 Å². The highest BCUT2D eigenvalue weighted by Crippen LogP contribution is 2.39. The minimum atomic E-state index is -3.57. The summed E-state index contributed by atoms with van der Waals surface area (Å²) in [6.45, 7) is 0. The third kappa shape index (κ3) is 5.15. The Morgan fingerprint density at radius 1 is 0.489 bits per heavy atom. The molecule has 0 fully saturated rings. The molecule has 8 rings (SSSR count). The highest BCUT2D eigenvalue weighted by molar-refractivity contribution is 7.91. The Balaban J connectivity index is 1.17. The number of sulfone groups is 1. The largest absolute Gasteiger partial charge is 0.310 e. The Morgan fingerprint density at radius 3 is 1.64 bits per heavy atom. The molecule has 2 heterocycles. The smallest absolute Gasteiger partial charge is 0.206 e. The van der Waals surface area contributed by atoms with Crippen LogP contribution in [-0.4, -0.2) is 18.0 Å². The molecule has 0 aliphatic rings. The molecule has 2 aromatic heterocycles. The van der Waals surface area contributed by atoms with Crippen LogP contribution in [0, 0.1) is 0 Å². The Hall–Kier alpha value is -5.98. The van der Waals surface area contributed by atoms with Gasteiger partial charge in [0.1, 0.15) is 0 Å². The highest BCUT2D eigenvalue weighted by Gasteiger charge is 2.19.